The molecule has 0 amide bonds. The summed E-state index contributed by atoms with van der Waals surface area (Å²) in [7, 11) is 0. The fraction of sp³-hybridized carbons (Fsp3) is 0.462. The van der Waals surface area contributed by atoms with Crippen molar-refractivity contribution in [1.82, 2.24) is 0 Å². The molecule has 0 aliphatic heterocycles. The molecule has 2 saturated carbocycles. The van der Waals surface area contributed by atoms with Crippen LogP contribution < -0.4 is 0 Å². The predicted molar refractivity (Wildman–Crippen MR) is 64.4 cm³/mol. The van der Waals surface area contributed by atoms with E-state index in [1.165, 1.54) is 12.8 Å². The van der Waals surface area contributed by atoms with Gasteiger partial charge in [0.15, 0.2) is 0 Å². The molecule has 2 aliphatic carbocycles. The van der Waals surface area contributed by atoms with Crippen LogP contribution in [-0.2, 0) is 10.2 Å². The molecule has 3 rings (SSSR count). The molecule has 2 aliphatic rings. The van der Waals surface area contributed by atoms with E-state index in [4.69, 9.17) is 0 Å². The lowest BCUT2D eigenvalue weighted by Crippen LogP contribution is -2.49. The molecule has 0 radical (unpaired) electrons. The molecule has 0 aromatic heterocycles. The minimum absolute atomic E-state index is 0.394. The molecule has 84 valence electrons. The van der Waals surface area contributed by atoms with Gasteiger partial charge >= 0.3 is 5.97 Å². The zero-order valence-corrected chi connectivity index (χ0v) is 10.5. The van der Waals surface area contributed by atoms with E-state index >= 15 is 0 Å². The van der Waals surface area contributed by atoms with E-state index in [0.717, 1.165) is 22.9 Å². The van der Waals surface area contributed by atoms with E-state index in [1.807, 2.05) is 24.3 Å². The average Bonchev–Trinajstić information content (AvgIpc) is 2.95. The Morgan fingerprint density at radius 3 is 2.19 bits per heavy atom. The normalized spacial score (nSPS) is 23.8. The Morgan fingerprint density at radius 1 is 1.19 bits per heavy atom. The first-order valence-corrected chi connectivity index (χ1v) is 6.35. The van der Waals surface area contributed by atoms with Crippen LogP contribution in [0.1, 0.15) is 31.2 Å². The second-order valence-electron chi connectivity index (χ2n) is 5.25. The number of carboxylic acid groups (broad SMARTS) is 1. The van der Waals surface area contributed by atoms with Crippen LogP contribution in [0.4, 0.5) is 0 Å². The molecular formula is C13H13BrO2. The molecule has 3 heteroatoms. The highest BCUT2D eigenvalue weighted by atomic mass is 79.9. The minimum atomic E-state index is -0.660. The Balaban J connectivity index is 1.95. The predicted octanol–water partition coefficient (Wildman–Crippen LogP) is 3.35. The Morgan fingerprint density at radius 2 is 1.75 bits per heavy atom. The highest BCUT2D eigenvalue weighted by molar-refractivity contribution is 9.10. The van der Waals surface area contributed by atoms with Gasteiger partial charge in [0.1, 0.15) is 0 Å². The Labute approximate surface area is 103 Å². The molecule has 16 heavy (non-hydrogen) atoms. The summed E-state index contributed by atoms with van der Waals surface area (Å²) in [6.07, 6.45) is 4.10. The van der Waals surface area contributed by atoms with Crippen LogP contribution in [0.25, 0.3) is 0 Å². The molecule has 0 saturated heterocycles. The summed E-state index contributed by atoms with van der Waals surface area (Å²) in [6, 6.07) is 7.73. The smallest absolute Gasteiger partial charge is 0.314 e. The van der Waals surface area contributed by atoms with Gasteiger partial charge in [0.25, 0.3) is 0 Å². The standard InChI is InChI=1S/C13H13BrO2/c14-10-3-1-9(2-4-10)13(11(15)16)7-12(8-13)5-6-12/h1-4H,5-8H2,(H,15,16). The third kappa shape index (κ3) is 1.34. The van der Waals surface area contributed by atoms with E-state index in [2.05, 4.69) is 15.9 Å². The first kappa shape index (κ1) is 10.3. The highest BCUT2D eigenvalue weighted by Gasteiger charge is 2.64. The summed E-state index contributed by atoms with van der Waals surface area (Å²) in [5.41, 5.74) is 0.753. The van der Waals surface area contributed by atoms with Crippen molar-refractivity contribution in [2.75, 3.05) is 0 Å². The second-order valence-corrected chi connectivity index (χ2v) is 6.16. The van der Waals surface area contributed by atoms with Gasteiger partial charge in [0.05, 0.1) is 5.41 Å². The highest BCUT2D eigenvalue weighted by Crippen LogP contribution is 2.69. The number of hydrogen-bond acceptors (Lipinski definition) is 1. The Hall–Kier alpha value is -0.830. The molecule has 1 spiro atoms. The van der Waals surface area contributed by atoms with Gasteiger partial charge in [0.2, 0.25) is 0 Å². The van der Waals surface area contributed by atoms with Gasteiger partial charge in [-0.05, 0) is 48.8 Å². The second kappa shape index (κ2) is 3.10. The van der Waals surface area contributed by atoms with E-state index in [1.54, 1.807) is 0 Å². The Kier molecular flexibility index (Phi) is 2.00. The molecule has 0 atom stereocenters. The number of aliphatic carboxylic acids is 1. The lowest BCUT2D eigenvalue weighted by molar-refractivity contribution is -0.150. The van der Waals surface area contributed by atoms with Crippen LogP contribution in [0.3, 0.4) is 0 Å². The lowest BCUT2D eigenvalue weighted by atomic mass is 9.56. The first-order valence-electron chi connectivity index (χ1n) is 5.56. The fourth-order valence-electron chi connectivity index (χ4n) is 3.01. The van der Waals surface area contributed by atoms with E-state index < -0.39 is 11.4 Å². The maximum atomic E-state index is 11.5. The van der Waals surface area contributed by atoms with Gasteiger partial charge in [0, 0.05) is 4.47 Å². The summed E-state index contributed by atoms with van der Waals surface area (Å²) < 4.78 is 0.997. The van der Waals surface area contributed by atoms with Gasteiger partial charge in [-0.2, -0.15) is 0 Å². The van der Waals surface area contributed by atoms with E-state index in [0.29, 0.717) is 5.41 Å². The van der Waals surface area contributed by atoms with Crippen molar-refractivity contribution in [3.8, 4) is 0 Å². The number of rotatable bonds is 2. The number of carboxylic acids is 1. The third-order valence-electron chi connectivity index (χ3n) is 4.12. The van der Waals surface area contributed by atoms with Crippen molar-refractivity contribution in [1.29, 1.82) is 0 Å². The van der Waals surface area contributed by atoms with Crippen molar-refractivity contribution in [3.05, 3.63) is 34.3 Å². The topological polar surface area (TPSA) is 37.3 Å². The molecule has 1 N–H and O–H groups in total. The zero-order chi connectivity index (χ0) is 11.4. The fourth-order valence-corrected chi connectivity index (χ4v) is 3.27. The monoisotopic (exact) mass is 280 g/mol. The number of benzene rings is 1. The maximum Gasteiger partial charge on any atom is 0.314 e. The van der Waals surface area contributed by atoms with Crippen molar-refractivity contribution in [3.63, 3.8) is 0 Å². The molecule has 2 nitrogen and oxygen atoms in total. The molecule has 0 bridgehead atoms. The quantitative estimate of drug-likeness (QED) is 0.902. The lowest BCUT2D eigenvalue weighted by Gasteiger charge is -2.45. The van der Waals surface area contributed by atoms with E-state index in [9.17, 15) is 9.90 Å². The van der Waals surface area contributed by atoms with Crippen LogP contribution in [-0.4, -0.2) is 11.1 Å². The van der Waals surface area contributed by atoms with Gasteiger partial charge < -0.3 is 5.11 Å². The van der Waals surface area contributed by atoms with Crippen molar-refractivity contribution >= 4 is 21.9 Å². The summed E-state index contributed by atoms with van der Waals surface area (Å²) >= 11 is 3.38. The van der Waals surface area contributed by atoms with Crippen molar-refractivity contribution in [2.45, 2.75) is 31.1 Å². The van der Waals surface area contributed by atoms with Gasteiger partial charge in [-0.15, -0.1) is 0 Å². The molecule has 1 aromatic carbocycles. The maximum absolute atomic E-state index is 11.5. The molecule has 1 aromatic rings. The van der Waals surface area contributed by atoms with Crippen LogP contribution in [0, 0.1) is 5.41 Å². The summed E-state index contributed by atoms with van der Waals surface area (Å²) in [5, 5.41) is 9.45. The number of halogens is 1. The molecule has 0 heterocycles. The van der Waals surface area contributed by atoms with E-state index in [-0.39, 0.29) is 0 Å². The minimum Gasteiger partial charge on any atom is -0.481 e. The van der Waals surface area contributed by atoms with Crippen molar-refractivity contribution in [2.24, 2.45) is 5.41 Å². The Bertz CT molecular complexity index is 438. The summed E-state index contributed by atoms with van der Waals surface area (Å²) in [6.45, 7) is 0. The summed E-state index contributed by atoms with van der Waals surface area (Å²) in [4.78, 5) is 11.5. The first-order chi connectivity index (χ1) is 7.56. The number of hydrogen-bond donors (Lipinski definition) is 1. The van der Waals surface area contributed by atoms with Crippen LogP contribution >= 0.6 is 15.9 Å². The molecule has 2 fully saturated rings. The van der Waals surface area contributed by atoms with Crippen LogP contribution in [0.2, 0.25) is 0 Å². The summed E-state index contributed by atoms with van der Waals surface area (Å²) in [5.74, 6) is -0.660. The molecule has 0 unspecified atom stereocenters. The third-order valence-corrected chi connectivity index (χ3v) is 4.65. The van der Waals surface area contributed by atoms with Gasteiger partial charge in [-0.25, -0.2) is 0 Å². The largest absolute Gasteiger partial charge is 0.481 e. The van der Waals surface area contributed by atoms with Crippen LogP contribution in [0.5, 0.6) is 0 Å². The average molecular weight is 281 g/mol. The van der Waals surface area contributed by atoms with Gasteiger partial charge in [-0.3, -0.25) is 4.79 Å². The van der Waals surface area contributed by atoms with Crippen LogP contribution in [0.15, 0.2) is 28.7 Å². The number of carbonyl (C=O) groups is 1. The van der Waals surface area contributed by atoms with Gasteiger partial charge in [-0.1, -0.05) is 28.1 Å². The molecular weight excluding hydrogens is 268 g/mol. The van der Waals surface area contributed by atoms with Crippen molar-refractivity contribution < 1.29 is 9.90 Å². The zero-order valence-electron chi connectivity index (χ0n) is 8.87. The SMILES string of the molecule is O=C(O)C1(c2ccc(Br)cc2)CC2(CC2)C1.